The van der Waals surface area contributed by atoms with Crippen molar-refractivity contribution in [3.05, 3.63) is 65.6 Å². The summed E-state index contributed by atoms with van der Waals surface area (Å²) in [5.41, 5.74) is 10.2. The van der Waals surface area contributed by atoms with Crippen molar-refractivity contribution in [2.24, 2.45) is 5.10 Å². The molecule has 0 aliphatic heterocycles. The maximum Gasteiger partial charge on any atom is 0.294 e. The van der Waals surface area contributed by atoms with E-state index in [-0.39, 0.29) is 28.8 Å². The van der Waals surface area contributed by atoms with Gasteiger partial charge in [-0.15, -0.1) is 5.10 Å². The van der Waals surface area contributed by atoms with Crippen LogP contribution in [-0.2, 0) is 0 Å². The van der Waals surface area contributed by atoms with E-state index >= 15 is 0 Å². The molecule has 2 aromatic heterocycles. The smallest absolute Gasteiger partial charge is 0.294 e. The van der Waals surface area contributed by atoms with Crippen LogP contribution >= 0.6 is 0 Å². The fourth-order valence-corrected chi connectivity index (χ4v) is 3.02. The number of nitrogens with one attached hydrogen (secondary N) is 1. The molecule has 12 heteroatoms. The average molecular weight is 450 g/mol. The SMILES string of the molecule is CCOc1cccc(-c2c(C(=O)NN=C(C)c3ccc(F)cc3)nnn2-c2nonc2N)c1. The molecule has 0 aliphatic carbocycles. The third-order valence-electron chi connectivity index (χ3n) is 4.59. The second-order valence-corrected chi connectivity index (χ2v) is 6.78. The monoisotopic (exact) mass is 450 g/mol. The van der Waals surface area contributed by atoms with Crippen molar-refractivity contribution in [3.8, 4) is 22.8 Å². The van der Waals surface area contributed by atoms with Crippen LogP contribution in [0.4, 0.5) is 10.2 Å². The highest BCUT2D eigenvalue weighted by molar-refractivity contribution is 6.02. The number of hydrogen-bond donors (Lipinski definition) is 2. The first-order valence-corrected chi connectivity index (χ1v) is 9.85. The number of hydrazone groups is 1. The zero-order valence-electron chi connectivity index (χ0n) is 17.7. The van der Waals surface area contributed by atoms with Crippen LogP contribution < -0.4 is 15.9 Å². The molecule has 0 radical (unpaired) electrons. The normalized spacial score (nSPS) is 11.4. The Hall–Kier alpha value is -4.61. The van der Waals surface area contributed by atoms with Crippen LogP contribution in [0.5, 0.6) is 5.75 Å². The van der Waals surface area contributed by atoms with Crippen LogP contribution in [0.25, 0.3) is 17.1 Å². The van der Waals surface area contributed by atoms with E-state index in [1.165, 1.54) is 16.8 Å². The van der Waals surface area contributed by atoms with E-state index in [0.29, 0.717) is 29.2 Å². The third kappa shape index (κ3) is 4.54. The fourth-order valence-electron chi connectivity index (χ4n) is 3.02. The first kappa shape index (κ1) is 21.6. The molecule has 0 unspecified atom stereocenters. The number of halogens is 1. The molecular weight excluding hydrogens is 431 g/mol. The van der Waals surface area contributed by atoms with Crippen molar-refractivity contribution >= 4 is 17.4 Å². The summed E-state index contributed by atoms with van der Waals surface area (Å²) in [6.07, 6.45) is 0. The molecule has 3 N–H and O–H groups in total. The molecule has 0 saturated carbocycles. The minimum atomic E-state index is -0.630. The lowest BCUT2D eigenvalue weighted by atomic mass is 10.1. The van der Waals surface area contributed by atoms with Gasteiger partial charge >= 0.3 is 0 Å². The second kappa shape index (κ2) is 9.26. The highest BCUT2D eigenvalue weighted by Gasteiger charge is 2.25. The Morgan fingerprint density at radius 2 is 2.03 bits per heavy atom. The number of nitrogens with two attached hydrogens (primary N) is 1. The van der Waals surface area contributed by atoms with Gasteiger partial charge in [0.05, 0.1) is 12.3 Å². The van der Waals surface area contributed by atoms with Gasteiger partial charge in [-0.3, -0.25) is 4.79 Å². The number of carbonyl (C=O) groups excluding carboxylic acids is 1. The number of carbonyl (C=O) groups is 1. The van der Waals surface area contributed by atoms with Crippen molar-refractivity contribution in [2.75, 3.05) is 12.3 Å². The summed E-state index contributed by atoms with van der Waals surface area (Å²) in [5, 5.41) is 19.4. The van der Waals surface area contributed by atoms with Gasteiger partial charge in [0, 0.05) is 5.56 Å². The summed E-state index contributed by atoms with van der Waals surface area (Å²) in [7, 11) is 0. The molecule has 0 saturated heterocycles. The van der Waals surface area contributed by atoms with E-state index in [9.17, 15) is 9.18 Å². The number of rotatable bonds is 7. The summed E-state index contributed by atoms with van der Waals surface area (Å²) < 4.78 is 24.6. The van der Waals surface area contributed by atoms with Crippen LogP contribution in [0, 0.1) is 5.82 Å². The van der Waals surface area contributed by atoms with Crippen LogP contribution in [0.15, 0.2) is 58.3 Å². The molecule has 11 nitrogen and oxygen atoms in total. The second-order valence-electron chi connectivity index (χ2n) is 6.78. The standard InChI is InChI=1S/C21H19FN8O3/c1-3-32-16-6-4-5-14(11-16)18-17(25-29-30(18)20-19(23)27-33-28-20)21(31)26-24-12(2)13-7-9-15(22)10-8-13/h4-11H,3H2,1-2H3,(H2,23,27)(H,26,31). The highest BCUT2D eigenvalue weighted by Crippen LogP contribution is 2.29. The number of ether oxygens (including phenoxy) is 1. The quantitative estimate of drug-likeness (QED) is 0.323. The topological polar surface area (TPSA) is 146 Å². The number of anilines is 1. The Morgan fingerprint density at radius 1 is 1.24 bits per heavy atom. The molecule has 4 rings (SSSR count). The van der Waals surface area contributed by atoms with Gasteiger partial charge in [-0.05, 0) is 54.0 Å². The van der Waals surface area contributed by atoms with Crippen LogP contribution in [-0.4, -0.2) is 43.5 Å². The van der Waals surface area contributed by atoms with Crippen LogP contribution in [0.3, 0.4) is 0 Å². The van der Waals surface area contributed by atoms with E-state index < -0.39 is 5.91 Å². The minimum Gasteiger partial charge on any atom is -0.494 e. The largest absolute Gasteiger partial charge is 0.494 e. The minimum absolute atomic E-state index is 0.0285. The lowest BCUT2D eigenvalue weighted by molar-refractivity contribution is 0.0950. The van der Waals surface area contributed by atoms with Crippen molar-refractivity contribution in [1.82, 2.24) is 30.7 Å². The molecule has 33 heavy (non-hydrogen) atoms. The number of nitrogens with zero attached hydrogens (tertiary/aromatic N) is 6. The maximum absolute atomic E-state index is 13.2. The van der Waals surface area contributed by atoms with Crippen molar-refractivity contribution in [3.63, 3.8) is 0 Å². The number of nitrogen functional groups attached to an aromatic ring is 1. The van der Waals surface area contributed by atoms with Gasteiger partial charge < -0.3 is 10.5 Å². The molecule has 0 spiro atoms. The molecule has 0 atom stereocenters. The van der Waals surface area contributed by atoms with Gasteiger partial charge in [0.2, 0.25) is 11.6 Å². The molecular formula is C21H19FN8O3. The van der Waals surface area contributed by atoms with Crippen LogP contribution in [0.2, 0.25) is 0 Å². The Morgan fingerprint density at radius 3 is 2.73 bits per heavy atom. The zero-order chi connectivity index (χ0) is 23.4. The third-order valence-corrected chi connectivity index (χ3v) is 4.59. The molecule has 0 fully saturated rings. The molecule has 0 bridgehead atoms. The van der Waals surface area contributed by atoms with Gasteiger partial charge in [0.1, 0.15) is 17.3 Å². The van der Waals surface area contributed by atoms with Gasteiger partial charge in [0.15, 0.2) is 5.69 Å². The van der Waals surface area contributed by atoms with E-state index in [1.54, 1.807) is 43.3 Å². The van der Waals surface area contributed by atoms with Crippen molar-refractivity contribution in [2.45, 2.75) is 13.8 Å². The summed E-state index contributed by atoms with van der Waals surface area (Å²) in [6, 6.07) is 12.8. The number of hydrogen-bond acceptors (Lipinski definition) is 9. The lowest BCUT2D eigenvalue weighted by Gasteiger charge is -2.08. The Kier molecular flexibility index (Phi) is 6.06. The van der Waals surface area contributed by atoms with E-state index in [4.69, 9.17) is 10.5 Å². The van der Waals surface area contributed by atoms with E-state index in [1.807, 2.05) is 6.92 Å². The summed E-state index contributed by atoms with van der Waals surface area (Å²) in [4.78, 5) is 13.0. The molecule has 168 valence electrons. The molecule has 4 aromatic rings. The van der Waals surface area contributed by atoms with Gasteiger partial charge in [-0.2, -0.15) is 9.78 Å². The van der Waals surface area contributed by atoms with Crippen molar-refractivity contribution in [1.29, 1.82) is 0 Å². The molecule has 2 heterocycles. The predicted octanol–water partition coefficient (Wildman–Crippen LogP) is 2.59. The summed E-state index contributed by atoms with van der Waals surface area (Å²) >= 11 is 0. The number of aromatic nitrogens is 5. The Labute approximate surface area is 187 Å². The first-order chi connectivity index (χ1) is 16.0. The number of amides is 1. The summed E-state index contributed by atoms with van der Waals surface area (Å²) in [6.45, 7) is 4.00. The zero-order valence-corrected chi connectivity index (χ0v) is 17.7. The van der Waals surface area contributed by atoms with Crippen molar-refractivity contribution < 1.29 is 18.6 Å². The Balaban J connectivity index is 1.72. The van der Waals surface area contributed by atoms with Gasteiger partial charge in [-0.1, -0.05) is 29.5 Å². The lowest BCUT2D eigenvalue weighted by Crippen LogP contribution is -2.21. The molecule has 1 amide bonds. The van der Waals surface area contributed by atoms with Gasteiger partial charge in [-0.25, -0.2) is 14.4 Å². The van der Waals surface area contributed by atoms with Gasteiger partial charge in [0.25, 0.3) is 5.91 Å². The van der Waals surface area contributed by atoms with Crippen LogP contribution in [0.1, 0.15) is 29.9 Å². The first-order valence-electron chi connectivity index (χ1n) is 9.85. The van der Waals surface area contributed by atoms with E-state index in [2.05, 4.69) is 35.8 Å². The predicted molar refractivity (Wildman–Crippen MR) is 116 cm³/mol. The highest BCUT2D eigenvalue weighted by atomic mass is 19.1. The average Bonchev–Trinajstić information content (AvgIpc) is 3.44. The van der Waals surface area contributed by atoms with E-state index in [0.717, 1.165) is 0 Å². The Bertz CT molecular complexity index is 1310. The maximum atomic E-state index is 13.2. The fraction of sp³-hybridized carbons (Fsp3) is 0.143. The number of benzene rings is 2. The molecule has 0 aliphatic rings. The molecule has 2 aromatic carbocycles. The summed E-state index contributed by atoms with van der Waals surface area (Å²) in [5.74, 6) is -0.364.